The van der Waals surface area contributed by atoms with Crippen molar-refractivity contribution in [2.45, 2.75) is 38.3 Å². The van der Waals surface area contributed by atoms with Crippen molar-refractivity contribution in [1.82, 2.24) is 9.38 Å². The van der Waals surface area contributed by atoms with E-state index < -0.39 is 0 Å². The van der Waals surface area contributed by atoms with Crippen molar-refractivity contribution >= 4 is 22.1 Å². The number of ether oxygens (including phenoxy) is 1. The minimum absolute atomic E-state index is 0.144. The summed E-state index contributed by atoms with van der Waals surface area (Å²) in [5, 5.41) is 2.08. The van der Waals surface area contributed by atoms with Crippen LogP contribution in [0.5, 0.6) is 0 Å². The Labute approximate surface area is 123 Å². The van der Waals surface area contributed by atoms with E-state index >= 15 is 0 Å². The zero-order chi connectivity index (χ0) is 14.1. The van der Waals surface area contributed by atoms with Crippen LogP contribution in [-0.4, -0.2) is 41.7 Å². The molecule has 1 fully saturated rings. The molecule has 0 aromatic carbocycles. The first-order valence-electron chi connectivity index (χ1n) is 7.16. The number of imidazole rings is 1. The Kier molecular flexibility index (Phi) is 3.96. The minimum atomic E-state index is 0.144. The SMILES string of the molecule is COC1CCN(c2nc3sccn3c2CC(C)N)CC1. The van der Waals surface area contributed by atoms with Crippen molar-refractivity contribution in [3.8, 4) is 0 Å². The molecule has 0 spiro atoms. The molecule has 2 aromatic rings. The second kappa shape index (κ2) is 5.71. The van der Waals surface area contributed by atoms with E-state index in [2.05, 4.69) is 20.9 Å². The van der Waals surface area contributed by atoms with Crippen LogP contribution >= 0.6 is 11.3 Å². The van der Waals surface area contributed by atoms with Gasteiger partial charge in [-0.2, -0.15) is 0 Å². The van der Waals surface area contributed by atoms with Gasteiger partial charge >= 0.3 is 0 Å². The summed E-state index contributed by atoms with van der Waals surface area (Å²) in [6.07, 6.45) is 5.48. The summed E-state index contributed by atoms with van der Waals surface area (Å²) in [6, 6.07) is 0.144. The molecule has 5 nitrogen and oxygen atoms in total. The molecular formula is C14H22N4OS. The molecule has 1 atom stereocenters. The number of thiazole rings is 1. The highest BCUT2D eigenvalue weighted by Crippen LogP contribution is 2.28. The Balaban J connectivity index is 1.88. The first kappa shape index (κ1) is 13.9. The molecule has 2 aromatic heterocycles. The number of aromatic nitrogens is 2. The Hall–Kier alpha value is -1.11. The third kappa shape index (κ3) is 2.55. The molecule has 1 saturated heterocycles. The maximum Gasteiger partial charge on any atom is 0.195 e. The lowest BCUT2D eigenvalue weighted by atomic mass is 10.1. The van der Waals surface area contributed by atoms with E-state index in [1.165, 1.54) is 5.69 Å². The number of hydrogen-bond acceptors (Lipinski definition) is 5. The lowest BCUT2D eigenvalue weighted by molar-refractivity contribution is 0.0818. The fraction of sp³-hybridized carbons (Fsp3) is 0.643. The molecule has 1 aliphatic rings. The molecule has 110 valence electrons. The molecule has 0 saturated carbocycles. The third-order valence-corrected chi connectivity index (χ3v) is 4.69. The Bertz CT molecular complexity index is 569. The predicted octanol–water partition coefficient (Wildman–Crippen LogP) is 1.90. The van der Waals surface area contributed by atoms with E-state index in [0.717, 1.165) is 43.1 Å². The number of nitrogens with zero attached hydrogens (tertiary/aromatic N) is 3. The largest absolute Gasteiger partial charge is 0.381 e. The van der Waals surface area contributed by atoms with Crippen LogP contribution in [0.2, 0.25) is 0 Å². The van der Waals surface area contributed by atoms with E-state index in [0.29, 0.717) is 6.10 Å². The first-order chi connectivity index (χ1) is 9.69. The van der Waals surface area contributed by atoms with Crippen LogP contribution in [0.25, 0.3) is 4.96 Å². The lowest BCUT2D eigenvalue weighted by Gasteiger charge is -2.32. The van der Waals surface area contributed by atoms with Crippen LogP contribution in [0.1, 0.15) is 25.5 Å². The first-order valence-corrected chi connectivity index (χ1v) is 8.04. The number of nitrogens with two attached hydrogens (primary N) is 1. The molecule has 3 rings (SSSR count). The van der Waals surface area contributed by atoms with Gasteiger partial charge in [-0.15, -0.1) is 11.3 Å². The molecule has 0 bridgehead atoms. The van der Waals surface area contributed by atoms with Crippen molar-refractivity contribution < 1.29 is 4.74 Å². The molecule has 1 unspecified atom stereocenters. The van der Waals surface area contributed by atoms with Gasteiger partial charge in [0.05, 0.1) is 11.8 Å². The van der Waals surface area contributed by atoms with Crippen LogP contribution in [0.4, 0.5) is 5.82 Å². The number of piperidine rings is 1. The average Bonchev–Trinajstić information content (AvgIpc) is 3.01. The third-order valence-electron chi connectivity index (χ3n) is 3.93. The van der Waals surface area contributed by atoms with Crippen LogP contribution < -0.4 is 10.6 Å². The maximum absolute atomic E-state index is 6.01. The zero-order valence-corrected chi connectivity index (χ0v) is 12.9. The summed E-state index contributed by atoms with van der Waals surface area (Å²) in [4.78, 5) is 8.25. The summed E-state index contributed by atoms with van der Waals surface area (Å²) in [7, 11) is 1.80. The van der Waals surface area contributed by atoms with Gasteiger partial charge in [0, 0.05) is 44.2 Å². The van der Waals surface area contributed by atoms with E-state index in [9.17, 15) is 0 Å². The van der Waals surface area contributed by atoms with Gasteiger partial charge in [-0.05, 0) is 19.8 Å². The van der Waals surface area contributed by atoms with Gasteiger partial charge in [0.2, 0.25) is 0 Å². The van der Waals surface area contributed by atoms with Gasteiger partial charge in [-0.1, -0.05) is 0 Å². The number of methoxy groups -OCH3 is 1. The van der Waals surface area contributed by atoms with Crippen LogP contribution in [0.15, 0.2) is 11.6 Å². The van der Waals surface area contributed by atoms with Crippen molar-refractivity contribution in [1.29, 1.82) is 0 Å². The molecular weight excluding hydrogens is 272 g/mol. The van der Waals surface area contributed by atoms with Crippen molar-refractivity contribution in [2.75, 3.05) is 25.1 Å². The molecule has 0 radical (unpaired) electrons. The molecule has 3 heterocycles. The number of rotatable bonds is 4. The Morgan fingerprint density at radius 2 is 2.25 bits per heavy atom. The summed E-state index contributed by atoms with van der Waals surface area (Å²) in [5.74, 6) is 1.11. The van der Waals surface area contributed by atoms with Crippen LogP contribution in [0, 0.1) is 0 Å². The maximum atomic E-state index is 6.01. The van der Waals surface area contributed by atoms with Gasteiger partial charge in [-0.3, -0.25) is 4.40 Å². The zero-order valence-electron chi connectivity index (χ0n) is 12.1. The van der Waals surface area contributed by atoms with Crippen LogP contribution in [-0.2, 0) is 11.2 Å². The monoisotopic (exact) mass is 294 g/mol. The highest BCUT2D eigenvalue weighted by atomic mass is 32.1. The molecule has 2 N–H and O–H groups in total. The smallest absolute Gasteiger partial charge is 0.195 e. The average molecular weight is 294 g/mol. The van der Waals surface area contributed by atoms with Gasteiger partial charge in [0.1, 0.15) is 0 Å². The fourth-order valence-corrected chi connectivity index (χ4v) is 3.60. The molecule has 0 aliphatic carbocycles. The lowest BCUT2D eigenvalue weighted by Crippen LogP contribution is -2.37. The van der Waals surface area contributed by atoms with E-state index in [4.69, 9.17) is 15.5 Å². The summed E-state index contributed by atoms with van der Waals surface area (Å²) in [6.45, 7) is 4.07. The Morgan fingerprint density at radius 1 is 1.50 bits per heavy atom. The van der Waals surface area contributed by atoms with Crippen molar-refractivity contribution in [3.63, 3.8) is 0 Å². The van der Waals surface area contributed by atoms with Gasteiger partial charge in [0.25, 0.3) is 0 Å². The van der Waals surface area contributed by atoms with Crippen LogP contribution in [0.3, 0.4) is 0 Å². The highest BCUT2D eigenvalue weighted by molar-refractivity contribution is 7.15. The number of anilines is 1. The normalized spacial score (nSPS) is 18.9. The van der Waals surface area contributed by atoms with E-state index in [1.807, 2.05) is 6.92 Å². The molecule has 20 heavy (non-hydrogen) atoms. The summed E-state index contributed by atoms with van der Waals surface area (Å²) < 4.78 is 7.63. The number of fused-ring (bicyclic) bond motifs is 1. The summed E-state index contributed by atoms with van der Waals surface area (Å²) >= 11 is 1.68. The Morgan fingerprint density at radius 3 is 2.90 bits per heavy atom. The second-order valence-corrected chi connectivity index (χ2v) is 6.41. The van der Waals surface area contributed by atoms with Crippen molar-refractivity contribution in [3.05, 3.63) is 17.3 Å². The summed E-state index contributed by atoms with van der Waals surface area (Å²) in [5.41, 5.74) is 7.25. The molecule has 1 aliphatic heterocycles. The highest BCUT2D eigenvalue weighted by Gasteiger charge is 2.24. The van der Waals surface area contributed by atoms with E-state index in [-0.39, 0.29) is 6.04 Å². The predicted molar refractivity (Wildman–Crippen MR) is 82.7 cm³/mol. The standard InChI is InChI=1S/C14H22N4OS/c1-10(15)9-12-13(16-14-18(12)7-8-20-14)17-5-3-11(19-2)4-6-17/h7-8,10-11H,3-6,9,15H2,1-2H3. The topological polar surface area (TPSA) is 55.8 Å². The van der Waals surface area contributed by atoms with E-state index in [1.54, 1.807) is 18.4 Å². The van der Waals surface area contributed by atoms with Gasteiger partial charge in [0.15, 0.2) is 10.8 Å². The van der Waals surface area contributed by atoms with Crippen molar-refractivity contribution in [2.24, 2.45) is 5.73 Å². The number of hydrogen-bond donors (Lipinski definition) is 1. The molecule has 6 heteroatoms. The molecule has 0 amide bonds. The fourth-order valence-electron chi connectivity index (χ4n) is 2.87. The van der Waals surface area contributed by atoms with Gasteiger partial charge < -0.3 is 15.4 Å². The second-order valence-electron chi connectivity index (χ2n) is 5.54. The van der Waals surface area contributed by atoms with Gasteiger partial charge in [-0.25, -0.2) is 4.98 Å². The quantitative estimate of drug-likeness (QED) is 0.936. The minimum Gasteiger partial charge on any atom is -0.381 e.